The van der Waals surface area contributed by atoms with Gasteiger partial charge in [0.1, 0.15) is 17.3 Å². The van der Waals surface area contributed by atoms with Gasteiger partial charge in [-0.25, -0.2) is 9.79 Å². The summed E-state index contributed by atoms with van der Waals surface area (Å²) in [6.45, 7) is 5.03. The summed E-state index contributed by atoms with van der Waals surface area (Å²) in [5.41, 5.74) is 7.24. The van der Waals surface area contributed by atoms with Gasteiger partial charge in [-0.05, 0) is 55.5 Å². The highest BCUT2D eigenvalue weighted by Crippen LogP contribution is 2.27. The van der Waals surface area contributed by atoms with Crippen LogP contribution >= 0.6 is 11.6 Å². The van der Waals surface area contributed by atoms with Gasteiger partial charge >= 0.3 is 5.97 Å². The predicted octanol–water partition coefficient (Wildman–Crippen LogP) is 6.20. The topological polar surface area (TPSA) is 103 Å². The third-order valence-corrected chi connectivity index (χ3v) is 4.68. The molecular weight excluding hydrogens is 456 g/mol. The lowest BCUT2D eigenvalue weighted by atomic mass is 10.2. The average Bonchev–Trinajstić information content (AvgIpc) is 2.77. The Morgan fingerprint density at radius 2 is 1.53 bits per heavy atom. The van der Waals surface area contributed by atoms with Crippen LogP contribution in [-0.4, -0.2) is 22.7 Å². The molecular formula is C26H25ClN2O5. The Morgan fingerprint density at radius 1 is 0.941 bits per heavy atom. The molecule has 0 amide bonds. The van der Waals surface area contributed by atoms with Crippen molar-refractivity contribution >= 4 is 29.1 Å². The molecule has 8 heteroatoms. The van der Waals surface area contributed by atoms with Crippen LogP contribution in [0.15, 0.2) is 95.4 Å². The minimum Gasteiger partial charge on any atom is -0.480 e. The van der Waals surface area contributed by atoms with Gasteiger partial charge in [-0.3, -0.25) is 0 Å². The third-order valence-electron chi connectivity index (χ3n) is 4.43. The highest BCUT2D eigenvalue weighted by Gasteiger charge is 2.38. The molecule has 0 saturated carbocycles. The SMILES string of the molecule is CC1(C)OC(=O)C(C(N)=Nc2ccc(Oc3ccccc3)cc2)=C(O)O1.Cc1ccc(Cl)cc1. The van der Waals surface area contributed by atoms with Gasteiger partial charge in [0.25, 0.3) is 11.7 Å². The van der Waals surface area contributed by atoms with E-state index in [-0.39, 0.29) is 11.4 Å². The number of aliphatic imine (C=N–C) groups is 1. The van der Waals surface area contributed by atoms with Gasteiger partial charge in [-0.15, -0.1) is 0 Å². The Morgan fingerprint density at radius 3 is 2.09 bits per heavy atom. The van der Waals surface area contributed by atoms with E-state index in [4.69, 9.17) is 31.5 Å². The molecule has 4 rings (SSSR count). The second-order valence-corrected chi connectivity index (χ2v) is 8.21. The van der Waals surface area contributed by atoms with Gasteiger partial charge in [-0.1, -0.05) is 47.5 Å². The lowest BCUT2D eigenvalue weighted by molar-refractivity contribution is -0.220. The van der Waals surface area contributed by atoms with Gasteiger partial charge in [0.05, 0.1) is 5.69 Å². The molecule has 0 aromatic heterocycles. The van der Waals surface area contributed by atoms with Crippen LogP contribution in [0.25, 0.3) is 0 Å². The lowest BCUT2D eigenvalue weighted by Crippen LogP contribution is -2.40. The number of aliphatic hydroxyl groups excluding tert-OH is 1. The molecule has 0 radical (unpaired) electrons. The Bertz CT molecular complexity index is 1170. The number of carbonyl (C=O) groups is 1. The molecule has 34 heavy (non-hydrogen) atoms. The number of nitrogens with two attached hydrogens (primary N) is 1. The molecule has 1 aliphatic rings. The zero-order valence-electron chi connectivity index (χ0n) is 19.0. The normalized spacial score (nSPS) is 14.9. The van der Waals surface area contributed by atoms with Gasteiger partial charge in [0, 0.05) is 18.9 Å². The van der Waals surface area contributed by atoms with E-state index in [2.05, 4.69) is 4.99 Å². The van der Waals surface area contributed by atoms with Crippen molar-refractivity contribution in [2.45, 2.75) is 26.6 Å². The highest BCUT2D eigenvalue weighted by atomic mass is 35.5. The van der Waals surface area contributed by atoms with Crippen LogP contribution in [0, 0.1) is 6.92 Å². The number of para-hydroxylation sites is 1. The number of cyclic esters (lactones) is 1. The summed E-state index contributed by atoms with van der Waals surface area (Å²) < 4.78 is 15.8. The number of halogens is 1. The number of esters is 1. The van der Waals surface area contributed by atoms with Crippen molar-refractivity contribution < 1.29 is 24.1 Å². The maximum Gasteiger partial charge on any atom is 0.352 e. The molecule has 0 unspecified atom stereocenters. The number of carbonyl (C=O) groups excluding carboxylic acids is 1. The minimum atomic E-state index is -1.26. The summed E-state index contributed by atoms with van der Waals surface area (Å²) in [6, 6.07) is 23.9. The van der Waals surface area contributed by atoms with E-state index in [1.54, 1.807) is 24.3 Å². The first-order chi connectivity index (χ1) is 16.1. The smallest absolute Gasteiger partial charge is 0.352 e. The number of amidine groups is 1. The molecule has 3 aromatic carbocycles. The molecule has 1 aliphatic heterocycles. The maximum atomic E-state index is 12.0. The van der Waals surface area contributed by atoms with Crippen molar-refractivity contribution in [2.75, 3.05) is 0 Å². The first-order valence-corrected chi connectivity index (χ1v) is 10.8. The van der Waals surface area contributed by atoms with E-state index in [0.717, 1.165) is 5.02 Å². The maximum absolute atomic E-state index is 12.0. The van der Waals surface area contributed by atoms with Gasteiger partial charge in [0.2, 0.25) is 0 Å². The van der Waals surface area contributed by atoms with Crippen molar-refractivity contribution in [1.29, 1.82) is 0 Å². The van der Waals surface area contributed by atoms with E-state index in [0.29, 0.717) is 17.2 Å². The van der Waals surface area contributed by atoms with E-state index in [9.17, 15) is 9.90 Å². The molecule has 3 N–H and O–H groups in total. The molecule has 0 saturated heterocycles. The number of benzene rings is 3. The monoisotopic (exact) mass is 480 g/mol. The average molecular weight is 481 g/mol. The number of hydrogen-bond acceptors (Lipinski definition) is 6. The summed E-state index contributed by atoms with van der Waals surface area (Å²) in [5, 5.41) is 10.7. The van der Waals surface area contributed by atoms with Crippen LogP contribution in [0.4, 0.5) is 5.69 Å². The number of rotatable bonds is 4. The first kappa shape index (κ1) is 24.7. The summed E-state index contributed by atoms with van der Waals surface area (Å²) in [4.78, 5) is 16.1. The third kappa shape index (κ3) is 7.02. The van der Waals surface area contributed by atoms with E-state index in [1.807, 2.05) is 61.5 Å². The molecule has 0 fully saturated rings. The van der Waals surface area contributed by atoms with Crippen LogP contribution in [0.3, 0.4) is 0 Å². The summed E-state index contributed by atoms with van der Waals surface area (Å²) in [5.74, 6) is -1.55. The van der Waals surface area contributed by atoms with E-state index in [1.165, 1.54) is 19.4 Å². The second-order valence-electron chi connectivity index (χ2n) is 7.77. The molecule has 0 aliphatic carbocycles. The fraction of sp³-hybridized carbons (Fsp3) is 0.154. The summed E-state index contributed by atoms with van der Waals surface area (Å²) >= 11 is 5.61. The minimum absolute atomic E-state index is 0.209. The van der Waals surface area contributed by atoms with Gasteiger partial charge in [-0.2, -0.15) is 0 Å². The fourth-order valence-electron chi connectivity index (χ4n) is 2.82. The fourth-order valence-corrected chi connectivity index (χ4v) is 2.95. The number of nitrogens with zero attached hydrogens (tertiary/aromatic N) is 1. The largest absolute Gasteiger partial charge is 0.480 e. The molecule has 0 spiro atoms. The quantitative estimate of drug-likeness (QED) is 0.262. The standard InChI is InChI=1S/C19H18N2O5.C7H7Cl/c1-19(2)25-17(22)15(18(23)26-19)16(20)21-12-8-10-14(11-9-12)24-13-6-4-3-5-7-13;1-6-2-4-7(8)5-3-6/h3-11,22H,1-2H3,(H2,20,21);2-5H,1H3. The van der Waals surface area contributed by atoms with Crippen molar-refractivity contribution in [3.05, 3.63) is 101 Å². The van der Waals surface area contributed by atoms with E-state index >= 15 is 0 Å². The van der Waals surface area contributed by atoms with Crippen molar-refractivity contribution in [3.8, 4) is 11.5 Å². The second kappa shape index (κ2) is 10.8. The van der Waals surface area contributed by atoms with Crippen LogP contribution < -0.4 is 10.5 Å². The molecule has 3 aromatic rings. The Kier molecular flexibility index (Phi) is 7.81. The summed E-state index contributed by atoms with van der Waals surface area (Å²) in [7, 11) is 0. The van der Waals surface area contributed by atoms with Crippen LogP contribution in [0.1, 0.15) is 19.4 Å². The lowest BCUT2D eigenvalue weighted by Gasteiger charge is -2.30. The van der Waals surface area contributed by atoms with Gasteiger partial charge < -0.3 is 25.1 Å². The predicted molar refractivity (Wildman–Crippen MR) is 131 cm³/mol. The molecule has 176 valence electrons. The van der Waals surface area contributed by atoms with Crippen LogP contribution in [0.2, 0.25) is 5.02 Å². The molecule has 0 atom stereocenters. The van der Waals surface area contributed by atoms with Crippen LogP contribution in [-0.2, 0) is 14.3 Å². The molecule has 7 nitrogen and oxygen atoms in total. The number of aryl methyl sites for hydroxylation is 1. The van der Waals surface area contributed by atoms with Crippen molar-refractivity contribution in [3.63, 3.8) is 0 Å². The molecule has 1 heterocycles. The molecule has 0 bridgehead atoms. The number of aliphatic hydroxyl groups is 1. The Labute approximate surface area is 203 Å². The van der Waals surface area contributed by atoms with Crippen molar-refractivity contribution in [2.24, 2.45) is 10.7 Å². The zero-order chi connectivity index (χ0) is 24.7. The van der Waals surface area contributed by atoms with Gasteiger partial charge in [0.15, 0.2) is 5.57 Å². The van der Waals surface area contributed by atoms with E-state index < -0.39 is 17.7 Å². The summed E-state index contributed by atoms with van der Waals surface area (Å²) in [6.07, 6.45) is 0. The first-order valence-electron chi connectivity index (χ1n) is 10.4. The number of ether oxygens (including phenoxy) is 3. The number of hydrogen-bond donors (Lipinski definition) is 2. The zero-order valence-corrected chi connectivity index (χ0v) is 19.7. The Balaban J connectivity index is 0.000000343. The highest BCUT2D eigenvalue weighted by molar-refractivity contribution is 6.30. The Hall–Kier alpha value is -3.97. The van der Waals surface area contributed by atoms with Crippen molar-refractivity contribution in [1.82, 2.24) is 0 Å². The van der Waals surface area contributed by atoms with Crippen LogP contribution in [0.5, 0.6) is 11.5 Å².